The highest BCUT2D eigenvalue weighted by Crippen LogP contribution is 2.11. The largest absolute Gasteiger partial charge is 0.445 e. The Balaban J connectivity index is 0. The molecular formula is C6H13O5P. The maximum absolute atomic E-state index is 7.23. The highest BCUT2D eigenvalue weighted by Gasteiger charge is 1.76. The van der Waals surface area contributed by atoms with Gasteiger partial charge in [-0.15, -0.1) is 0 Å². The van der Waals surface area contributed by atoms with E-state index in [-0.39, 0.29) is 0 Å². The number of hydrogen-bond acceptors (Lipinski definition) is 5. The topological polar surface area (TPSA) is 79.2 Å². The molecule has 0 saturated carbocycles. The smallest absolute Gasteiger partial charge is 0.324 e. The minimum absolute atomic E-state index is 0.611. The van der Waals surface area contributed by atoms with E-state index in [4.69, 9.17) is 14.7 Å². The van der Waals surface area contributed by atoms with Crippen LogP contribution in [-0.4, -0.2) is 27.9 Å². The summed E-state index contributed by atoms with van der Waals surface area (Å²) < 4.78 is 9.30. The van der Waals surface area contributed by atoms with Gasteiger partial charge in [0, 0.05) is 0 Å². The second-order valence-corrected chi connectivity index (χ2v) is 1.88. The minimum atomic E-state index is -2.62. The first-order chi connectivity index (χ1) is 5.65. The van der Waals surface area contributed by atoms with Gasteiger partial charge in [0.25, 0.3) is 0 Å². The molecule has 0 aliphatic carbocycles. The predicted octanol–water partition coefficient (Wildman–Crippen LogP) is 0.168. The molecule has 0 aromatic heterocycles. The fourth-order valence-corrected chi connectivity index (χ4v) is 0.203. The molecule has 6 heteroatoms. The summed E-state index contributed by atoms with van der Waals surface area (Å²) >= 11 is 0. The Kier molecular flexibility index (Phi) is 15.3. The second kappa shape index (κ2) is 13.1. The van der Waals surface area contributed by atoms with E-state index in [1.165, 1.54) is 0 Å². The van der Waals surface area contributed by atoms with Crippen LogP contribution in [0.3, 0.4) is 0 Å². The fourth-order valence-electron chi connectivity index (χ4n) is 0.203. The van der Waals surface area contributed by atoms with Crippen molar-refractivity contribution in [3.8, 4) is 12.2 Å². The average molecular weight is 196 g/mol. The van der Waals surface area contributed by atoms with Crippen molar-refractivity contribution >= 4 is 8.60 Å². The van der Waals surface area contributed by atoms with Crippen LogP contribution in [0.5, 0.6) is 0 Å². The summed E-state index contributed by atoms with van der Waals surface area (Å²) in [6.07, 6.45) is 4.73. The summed E-state index contributed by atoms with van der Waals surface area (Å²) in [7, 11) is -2.62. The predicted molar refractivity (Wildman–Crippen MR) is 44.6 cm³/mol. The van der Waals surface area contributed by atoms with Gasteiger partial charge >= 0.3 is 8.60 Å². The molecule has 0 fully saturated rings. The third-order valence-corrected chi connectivity index (χ3v) is 0.475. The van der Waals surface area contributed by atoms with E-state index in [1.54, 1.807) is 0 Å². The third kappa shape index (κ3) is 34.0. The van der Waals surface area contributed by atoms with Crippen LogP contribution in [0.2, 0.25) is 0 Å². The monoisotopic (exact) mass is 196 g/mol. The quantitative estimate of drug-likeness (QED) is 0.433. The highest BCUT2D eigenvalue weighted by atomic mass is 31.2. The highest BCUT2D eigenvalue weighted by molar-refractivity contribution is 7.38. The minimum Gasteiger partial charge on any atom is -0.445 e. The Labute approximate surface area is 72.9 Å². The third-order valence-electron chi connectivity index (χ3n) is 0.475. The molecule has 3 N–H and O–H groups in total. The lowest BCUT2D eigenvalue weighted by atomic mass is 10.9. The van der Waals surface area contributed by atoms with E-state index >= 15 is 0 Å². The van der Waals surface area contributed by atoms with Gasteiger partial charge in [-0.3, -0.25) is 0 Å². The molecule has 0 aliphatic heterocycles. The van der Waals surface area contributed by atoms with E-state index in [0.717, 1.165) is 0 Å². The molecule has 0 rings (SSSR count). The van der Waals surface area contributed by atoms with Gasteiger partial charge in [0.05, 0.1) is 13.2 Å². The Morgan fingerprint density at radius 2 is 1.25 bits per heavy atom. The van der Waals surface area contributed by atoms with E-state index in [9.17, 15) is 0 Å². The molecule has 72 valence electrons. The van der Waals surface area contributed by atoms with Crippen molar-refractivity contribution in [3.05, 3.63) is 0 Å². The zero-order valence-electron chi connectivity index (χ0n) is 7.02. The van der Waals surface area contributed by atoms with Crippen molar-refractivity contribution < 1.29 is 24.2 Å². The number of hydrogen-bond donors (Lipinski definition) is 3. The zero-order chi connectivity index (χ0) is 9.82. The van der Waals surface area contributed by atoms with Crippen LogP contribution < -0.4 is 0 Å². The fraction of sp³-hybridized carbons (Fsp3) is 0.667. The van der Waals surface area contributed by atoms with Crippen LogP contribution in [0.15, 0.2) is 0 Å². The molecule has 0 unspecified atom stereocenters. The Morgan fingerprint density at radius 1 is 1.00 bits per heavy atom. The van der Waals surface area contributed by atoms with Crippen LogP contribution in [0.4, 0.5) is 0 Å². The molecule has 0 radical (unpaired) electrons. The summed E-state index contributed by atoms with van der Waals surface area (Å²) in [6, 6.07) is 0. The van der Waals surface area contributed by atoms with Crippen molar-refractivity contribution in [2.24, 2.45) is 0 Å². The van der Waals surface area contributed by atoms with Gasteiger partial charge in [-0.1, -0.05) is 0 Å². The van der Waals surface area contributed by atoms with Crippen LogP contribution in [-0.2, 0) is 9.47 Å². The molecule has 0 amide bonds. The van der Waals surface area contributed by atoms with E-state index in [2.05, 4.69) is 21.7 Å². The summed E-state index contributed by atoms with van der Waals surface area (Å²) in [5.41, 5.74) is 0. The molecule has 0 aliphatic rings. The first-order valence-electron chi connectivity index (χ1n) is 3.25. The van der Waals surface area contributed by atoms with E-state index in [1.807, 2.05) is 13.8 Å². The summed E-state index contributed by atoms with van der Waals surface area (Å²) in [6.45, 7) is 4.97. The van der Waals surface area contributed by atoms with Gasteiger partial charge in [0.15, 0.2) is 12.2 Å². The molecule has 0 atom stereocenters. The first kappa shape index (κ1) is 14.0. The van der Waals surface area contributed by atoms with Crippen LogP contribution in [0.25, 0.3) is 0 Å². The lowest BCUT2D eigenvalue weighted by Gasteiger charge is -1.85. The number of rotatable bonds is 2. The Hall–Kier alpha value is -0.530. The van der Waals surface area contributed by atoms with Crippen molar-refractivity contribution in [2.45, 2.75) is 13.8 Å². The van der Waals surface area contributed by atoms with Gasteiger partial charge in [-0.05, 0) is 13.8 Å². The lowest BCUT2D eigenvalue weighted by molar-refractivity contribution is 0.267. The van der Waals surface area contributed by atoms with Crippen molar-refractivity contribution in [2.75, 3.05) is 13.2 Å². The average Bonchev–Trinajstić information content (AvgIpc) is 1.97. The summed E-state index contributed by atoms with van der Waals surface area (Å²) in [5, 5.41) is 0. The maximum Gasteiger partial charge on any atom is 0.324 e. The SMILES string of the molecule is CCOC#COCC.OP(O)O. The normalized spacial score (nSPS) is 7.50. The van der Waals surface area contributed by atoms with Gasteiger partial charge < -0.3 is 24.2 Å². The zero-order valence-corrected chi connectivity index (χ0v) is 7.91. The van der Waals surface area contributed by atoms with Crippen molar-refractivity contribution in [3.63, 3.8) is 0 Å². The van der Waals surface area contributed by atoms with Crippen LogP contribution in [0.1, 0.15) is 13.8 Å². The summed E-state index contributed by atoms with van der Waals surface area (Å²) in [5.74, 6) is 0. The molecule has 0 bridgehead atoms. The van der Waals surface area contributed by atoms with E-state index < -0.39 is 8.60 Å². The van der Waals surface area contributed by atoms with Gasteiger partial charge in [-0.25, -0.2) is 0 Å². The Bertz CT molecular complexity index is 115. The van der Waals surface area contributed by atoms with Crippen molar-refractivity contribution in [1.29, 1.82) is 0 Å². The van der Waals surface area contributed by atoms with Gasteiger partial charge in [0.2, 0.25) is 0 Å². The van der Waals surface area contributed by atoms with Gasteiger partial charge in [0.1, 0.15) is 0 Å². The molecule has 0 aromatic rings. The standard InChI is InChI=1S/C6H10O2.H3O3P/c1-3-7-5-6-8-4-2;1-4(2)3/h3-4H2,1-2H3;1-3H. The Morgan fingerprint density at radius 3 is 1.42 bits per heavy atom. The molecule has 12 heavy (non-hydrogen) atoms. The molecule has 0 heterocycles. The second-order valence-electron chi connectivity index (χ2n) is 1.34. The van der Waals surface area contributed by atoms with Crippen molar-refractivity contribution in [1.82, 2.24) is 0 Å². The molecule has 0 spiro atoms. The van der Waals surface area contributed by atoms with Crippen LogP contribution >= 0.6 is 8.60 Å². The molecule has 5 nitrogen and oxygen atoms in total. The molecule has 0 saturated heterocycles. The lowest BCUT2D eigenvalue weighted by Crippen LogP contribution is -1.80. The van der Waals surface area contributed by atoms with Crippen LogP contribution in [0, 0.1) is 12.2 Å². The maximum atomic E-state index is 7.23. The summed E-state index contributed by atoms with van der Waals surface area (Å²) in [4.78, 5) is 21.7. The van der Waals surface area contributed by atoms with Gasteiger partial charge in [-0.2, -0.15) is 0 Å². The molecule has 0 aromatic carbocycles. The van der Waals surface area contributed by atoms with E-state index in [0.29, 0.717) is 13.2 Å². The molecular weight excluding hydrogens is 183 g/mol. The number of ether oxygens (including phenoxy) is 2. The first-order valence-corrected chi connectivity index (χ1v) is 4.45.